The minimum Gasteiger partial charge on any atom is -0.457 e. The van der Waals surface area contributed by atoms with Gasteiger partial charge in [0.05, 0.1) is 49.8 Å². The molecule has 1 saturated heterocycles. The second-order valence-electron chi connectivity index (χ2n) is 24.6. The van der Waals surface area contributed by atoms with Crippen LogP contribution in [0.15, 0.2) is 272 Å². The highest BCUT2D eigenvalue weighted by atomic mass is 79.9. The average Bonchev–Trinajstić information content (AvgIpc) is 1.46. The predicted octanol–water partition coefficient (Wildman–Crippen LogP) is 18.9. The van der Waals surface area contributed by atoms with E-state index in [1.54, 1.807) is 6.20 Å². The molecule has 10 aromatic carbocycles. The molecule has 19 rings (SSSR count). The van der Waals surface area contributed by atoms with E-state index in [0.717, 1.165) is 105 Å². The monoisotopic (exact) mass is 1230 g/mol. The summed E-state index contributed by atoms with van der Waals surface area (Å²) in [7, 11) is -0.510. The number of aromatic nitrogens is 4. The Balaban J connectivity index is 0.000000114. The highest BCUT2D eigenvalue weighted by Gasteiger charge is 2.56. The fraction of sp³-hybridized carbons (Fsp3) is 0.100. The molecule has 90 heavy (non-hydrogen) atoms. The van der Waals surface area contributed by atoms with Crippen LogP contribution in [-0.4, -0.2) is 38.3 Å². The molecule has 0 bridgehead atoms. The SMILES string of the molecule is Brc1ccc2ccc3cccnc3c2n1.CC1(C)OB(c2cccc3c2Oc2ccccc2C32c3ccccc3-c3ccccc32)OC1(C)C.c1ccc2c(c1)Oc1c(-c3ccc4ccc5cccnc5c4n3)cccc1C21c2ccccc2-c2ccccc21. The Morgan fingerprint density at radius 2 is 0.700 bits per heavy atom. The first-order chi connectivity index (χ1) is 44.0. The van der Waals surface area contributed by atoms with Crippen molar-refractivity contribution < 1.29 is 18.8 Å². The van der Waals surface area contributed by atoms with Crippen LogP contribution in [0.4, 0.5) is 0 Å². The van der Waals surface area contributed by atoms with Crippen molar-refractivity contribution in [2.45, 2.75) is 49.7 Å². The van der Waals surface area contributed by atoms with Crippen LogP contribution in [0.5, 0.6) is 23.0 Å². The van der Waals surface area contributed by atoms with Crippen molar-refractivity contribution >= 4 is 72.1 Å². The molecular formula is C80H56BBrN4O4. The molecule has 0 unspecified atom stereocenters. The normalized spacial score (nSPS) is 15.6. The molecule has 0 saturated carbocycles. The lowest BCUT2D eigenvalue weighted by atomic mass is 9.64. The number of ether oxygens (including phenoxy) is 2. The van der Waals surface area contributed by atoms with E-state index in [1.807, 2.05) is 42.6 Å². The van der Waals surface area contributed by atoms with Gasteiger partial charge >= 0.3 is 7.12 Å². The number of fused-ring (bicyclic) bond motifs is 24. The van der Waals surface area contributed by atoms with Gasteiger partial charge in [-0.3, -0.25) is 9.97 Å². The van der Waals surface area contributed by atoms with Gasteiger partial charge in [0.15, 0.2) is 0 Å². The Morgan fingerprint density at radius 1 is 0.322 bits per heavy atom. The van der Waals surface area contributed by atoms with Crippen molar-refractivity contribution in [3.8, 4) is 56.5 Å². The number of pyridine rings is 4. The van der Waals surface area contributed by atoms with Crippen LogP contribution in [0.3, 0.4) is 0 Å². The van der Waals surface area contributed by atoms with Crippen LogP contribution in [0, 0.1) is 0 Å². The fourth-order valence-corrected chi connectivity index (χ4v) is 15.0. The van der Waals surface area contributed by atoms with Gasteiger partial charge in [0.25, 0.3) is 0 Å². The van der Waals surface area contributed by atoms with E-state index < -0.39 is 29.2 Å². The molecule has 2 spiro atoms. The molecule has 4 aromatic heterocycles. The zero-order valence-electron chi connectivity index (χ0n) is 49.8. The molecule has 1 fully saturated rings. The second kappa shape index (κ2) is 20.5. The molecule has 0 radical (unpaired) electrons. The summed E-state index contributed by atoms with van der Waals surface area (Å²) in [6, 6.07) is 89.6. The molecule has 2 aliphatic carbocycles. The van der Waals surface area contributed by atoms with Gasteiger partial charge in [-0.25, -0.2) is 9.97 Å². The fourth-order valence-electron chi connectivity index (χ4n) is 14.7. The van der Waals surface area contributed by atoms with Crippen LogP contribution < -0.4 is 14.9 Å². The number of halogens is 1. The highest BCUT2D eigenvalue weighted by molar-refractivity contribution is 9.10. The molecule has 8 nitrogen and oxygen atoms in total. The summed E-state index contributed by atoms with van der Waals surface area (Å²) in [6.45, 7) is 8.35. The van der Waals surface area contributed by atoms with Gasteiger partial charge < -0.3 is 18.8 Å². The van der Waals surface area contributed by atoms with E-state index in [4.69, 9.17) is 23.8 Å². The maximum absolute atomic E-state index is 6.82. The van der Waals surface area contributed by atoms with Crippen LogP contribution in [0.2, 0.25) is 0 Å². The van der Waals surface area contributed by atoms with Crippen molar-refractivity contribution in [2.24, 2.45) is 0 Å². The van der Waals surface area contributed by atoms with Gasteiger partial charge in [-0.2, -0.15) is 0 Å². The van der Waals surface area contributed by atoms with Gasteiger partial charge in [0, 0.05) is 67.2 Å². The Bertz CT molecular complexity index is 5190. The number of rotatable bonds is 2. The zero-order chi connectivity index (χ0) is 60.5. The summed E-state index contributed by atoms with van der Waals surface area (Å²) >= 11 is 3.38. The summed E-state index contributed by atoms with van der Waals surface area (Å²) in [5.41, 5.74) is 19.5. The highest BCUT2D eigenvalue weighted by Crippen LogP contribution is 2.64. The molecule has 10 heteroatoms. The molecule has 430 valence electrons. The topological polar surface area (TPSA) is 88.5 Å². The van der Waals surface area contributed by atoms with Crippen molar-refractivity contribution in [2.75, 3.05) is 0 Å². The Kier molecular flexibility index (Phi) is 12.3. The number of benzene rings is 10. The first-order valence-corrected chi connectivity index (χ1v) is 31.3. The lowest BCUT2D eigenvalue weighted by Crippen LogP contribution is -2.41. The van der Waals surface area contributed by atoms with Crippen LogP contribution in [0.25, 0.3) is 77.1 Å². The van der Waals surface area contributed by atoms with Gasteiger partial charge in [0.2, 0.25) is 0 Å². The maximum Gasteiger partial charge on any atom is 0.498 e. The molecule has 14 aromatic rings. The first-order valence-electron chi connectivity index (χ1n) is 30.5. The predicted molar refractivity (Wildman–Crippen MR) is 364 cm³/mol. The second-order valence-corrected chi connectivity index (χ2v) is 25.4. The van der Waals surface area contributed by atoms with E-state index in [-0.39, 0.29) is 0 Å². The molecule has 7 heterocycles. The van der Waals surface area contributed by atoms with Gasteiger partial charge in [0.1, 0.15) is 27.6 Å². The van der Waals surface area contributed by atoms with Gasteiger partial charge in [-0.15, -0.1) is 0 Å². The van der Waals surface area contributed by atoms with Gasteiger partial charge in [-0.05, 0) is 131 Å². The quantitative estimate of drug-likeness (QED) is 0.0961. The maximum atomic E-state index is 6.82. The van der Waals surface area contributed by atoms with Crippen LogP contribution >= 0.6 is 15.9 Å². The molecule has 0 atom stereocenters. The molecule has 0 N–H and O–H groups in total. The Labute approximate surface area is 530 Å². The minimum absolute atomic E-state index is 0.433. The summed E-state index contributed by atoms with van der Waals surface area (Å²) in [6.07, 6.45) is 3.63. The summed E-state index contributed by atoms with van der Waals surface area (Å²) in [5.74, 6) is 3.43. The summed E-state index contributed by atoms with van der Waals surface area (Å²) in [5, 5.41) is 4.39. The van der Waals surface area contributed by atoms with E-state index >= 15 is 0 Å². The van der Waals surface area contributed by atoms with E-state index in [0.29, 0.717) is 0 Å². The summed E-state index contributed by atoms with van der Waals surface area (Å²) in [4.78, 5) is 18.7. The summed E-state index contributed by atoms with van der Waals surface area (Å²) < 4.78 is 27.4. The molecule has 0 amide bonds. The average molecular weight is 1230 g/mol. The van der Waals surface area contributed by atoms with E-state index in [9.17, 15) is 0 Å². The Hall–Kier alpha value is -10.1. The third-order valence-corrected chi connectivity index (χ3v) is 19.8. The van der Waals surface area contributed by atoms with Crippen molar-refractivity contribution in [1.82, 2.24) is 19.9 Å². The molecule has 3 aliphatic heterocycles. The standard InChI is InChI=1S/C37H22N2O.C31H27BO3.C12H7BrN2/c1-3-13-28-25(10-1)26-11-2-4-14-29(26)37(28)30-15-5-6-17-33(30)40-36-27(12-7-16-31(36)37)32-21-20-24-19-18-23-9-8-22-38-34(23)35(24)39-32;1-29(2)30(3,4)35-32(34-29)26-18-11-17-25-28(26)33-27-19-10-9-16-24(27)31(25)22-14-7-5-12-20(22)21-13-6-8-15-23(21)31;13-10-6-5-9-4-3-8-2-1-7-14-11(8)12(9)15-10/h1-22H;5-19H,1-4H3;1-7H. The third-order valence-electron chi connectivity index (χ3n) is 19.4. The smallest absolute Gasteiger partial charge is 0.457 e. The van der Waals surface area contributed by atoms with Gasteiger partial charge in [-0.1, -0.05) is 212 Å². The third kappa shape index (κ3) is 7.94. The van der Waals surface area contributed by atoms with Crippen molar-refractivity contribution in [1.29, 1.82) is 0 Å². The lowest BCUT2D eigenvalue weighted by molar-refractivity contribution is 0.00578. The zero-order valence-corrected chi connectivity index (χ0v) is 51.4. The van der Waals surface area contributed by atoms with Crippen molar-refractivity contribution in [3.63, 3.8) is 0 Å². The number of para-hydroxylation sites is 4. The van der Waals surface area contributed by atoms with E-state index in [2.05, 4.69) is 277 Å². The van der Waals surface area contributed by atoms with E-state index in [1.165, 1.54) is 50.1 Å². The Morgan fingerprint density at radius 3 is 1.21 bits per heavy atom. The molecule has 5 aliphatic rings. The first kappa shape index (κ1) is 54.1. The van der Waals surface area contributed by atoms with Crippen LogP contribution in [-0.2, 0) is 20.1 Å². The lowest BCUT2D eigenvalue weighted by Gasteiger charge is -2.40. The number of hydrogen-bond acceptors (Lipinski definition) is 8. The number of hydrogen-bond donors (Lipinski definition) is 0. The largest absolute Gasteiger partial charge is 0.498 e. The number of nitrogens with zero attached hydrogens (tertiary/aromatic N) is 4. The van der Waals surface area contributed by atoms with Crippen molar-refractivity contribution in [3.05, 3.63) is 316 Å². The molecular weight excluding hydrogens is 1170 g/mol. The van der Waals surface area contributed by atoms with Crippen LogP contribution in [0.1, 0.15) is 72.2 Å². The minimum atomic E-state index is -0.510.